The minimum atomic E-state index is 0.347. The molecule has 0 bridgehead atoms. The van der Waals surface area contributed by atoms with Gasteiger partial charge in [-0.1, -0.05) is 12.1 Å². The van der Waals surface area contributed by atoms with Crippen molar-refractivity contribution in [2.75, 3.05) is 7.05 Å². The lowest BCUT2D eigenvalue weighted by Crippen LogP contribution is -2.12. The fourth-order valence-corrected chi connectivity index (χ4v) is 2.16. The van der Waals surface area contributed by atoms with Gasteiger partial charge >= 0.3 is 0 Å². The van der Waals surface area contributed by atoms with Gasteiger partial charge in [0.05, 0.1) is 5.69 Å². The zero-order chi connectivity index (χ0) is 15.4. The molecular weight excluding hydrogens is 262 g/mol. The van der Waals surface area contributed by atoms with Crippen molar-refractivity contribution in [3.05, 3.63) is 47.3 Å². The van der Waals surface area contributed by atoms with Gasteiger partial charge in [-0.15, -0.1) is 0 Å². The molecule has 1 atom stereocenters. The van der Waals surface area contributed by atoms with Crippen molar-refractivity contribution in [1.82, 2.24) is 15.1 Å². The van der Waals surface area contributed by atoms with Crippen molar-refractivity contribution in [1.29, 1.82) is 0 Å². The van der Waals surface area contributed by atoms with Crippen molar-refractivity contribution in [3.63, 3.8) is 0 Å². The van der Waals surface area contributed by atoms with Gasteiger partial charge in [-0.3, -0.25) is 4.68 Å². The maximum Gasteiger partial charge on any atom is 0.132 e. The molecule has 0 saturated heterocycles. The van der Waals surface area contributed by atoms with E-state index in [-0.39, 0.29) is 0 Å². The summed E-state index contributed by atoms with van der Waals surface area (Å²) in [5.41, 5.74) is 3.38. The van der Waals surface area contributed by atoms with E-state index in [2.05, 4.69) is 50.2 Å². The largest absolute Gasteiger partial charge is 0.487 e. The quantitative estimate of drug-likeness (QED) is 0.881. The molecule has 1 unspecified atom stereocenters. The molecule has 0 radical (unpaired) electrons. The summed E-state index contributed by atoms with van der Waals surface area (Å²) in [6, 6.07) is 9.05. The second kappa shape index (κ2) is 6.76. The van der Waals surface area contributed by atoms with Crippen molar-refractivity contribution in [2.45, 2.75) is 46.4 Å². The van der Waals surface area contributed by atoms with E-state index in [4.69, 9.17) is 4.74 Å². The molecule has 114 valence electrons. The van der Waals surface area contributed by atoms with E-state index in [1.54, 1.807) is 0 Å². The van der Waals surface area contributed by atoms with Crippen molar-refractivity contribution in [2.24, 2.45) is 0 Å². The van der Waals surface area contributed by atoms with E-state index in [9.17, 15) is 0 Å². The molecule has 4 nitrogen and oxygen atoms in total. The molecule has 0 aliphatic heterocycles. The van der Waals surface area contributed by atoms with Gasteiger partial charge in [-0.05, 0) is 58.0 Å². The Labute approximate surface area is 127 Å². The van der Waals surface area contributed by atoms with Gasteiger partial charge in [-0.2, -0.15) is 5.10 Å². The molecule has 0 aliphatic rings. The maximum absolute atomic E-state index is 5.89. The van der Waals surface area contributed by atoms with E-state index in [1.807, 2.05) is 30.1 Å². The lowest BCUT2D eigenvalue weighted by molar-refractivity contribution is 0.296. The Bertz CT molecular complexity index is 589. The molecular formula is C17H25N3O. The SMILES string of the molecule is CNC(C)c1ccc(OCc2ccn(C(C)C)n2)c(C)c1. The van der Waals surface area contributed by atoms with Gasteiger partial charge in [0.1, 0.15) is 12.4 Å². The third kappa shape index (κ3) is 3.85. The zero-order valence-electron chi connectivity index (χ0n) is 13.6. The summed E-state index contributed by atoms with van der Waals surface area (Å²) >= 11 is 0. The third-order valence-electron chi connectivity index (χ3n) is 3.70. The van der Waals surface area contributed by atoms with E-state index in [0.717, 1.165) is 17.0 Å². The first kappa shape index (κ1) is 15.6. The molecule has 1 heterocycles. The Morgan fingerprint density at radius 1 is 1.24 bits per heavy atom. The third-order valence-corrected chi connectivity index (χ3v) is 3.70. The number of nitrogens with one attached hydrogen (secondary N) is 1. The van der Waals surface area contributed by atoms with Crippen molar-refractivity contribution >= 4 is 0 Å². The molecule has 1 aromatic carbocycles. The average Bonchev–Trinajstić information content (AvgIpc) is 2.94. The predicted molar refractivity (Wildman–Crippen MR) is 85.6 cm³/mol. The predicted octanol–water partition coefficient (Wildman–Crippen LogP) is 3.63. The summed E-state index contributed by atoms with van der Waals surface area (Å²) < 4.78 is 7.84. The first-order valence-electron chi connectivity index (χ1n) is 7.46. The van der Waals surface area contributed by atoms with Gasteiger partial charge in [0, 0.05) is 18.3 Å². The fourth-order valence-electron chi connectivity index (χ4n) is 2.16. The van der Waals surface area contributed by atoms with Gasteiger partial charge in [0.15, 0.2) is 0 Å². The van der Waals surface area contributed by atoms with Crippen LogP contribution in [0.3, 0.4) is 0 Å². The zero-order valence-corrected chi connectivity index (χ0v) is 13.6. The van der Waals surface area contributed by atoms with Crippen LogP contribution in [0.2, 0.25) is 0 Å². The van der Waals surface area contributed by atoms with Crippen molar-refractivity contribution < 1.29 is 4.74 Å². The van der Waals surface area contributed by atoms with E-state index in [0.29, 0.717) is 18.7 Å². The monoisotopic (exact) mass is 287 g/mol. The second-order valence-corrected chi connectivity index (χ2v) is 5.70. The Kier molecular flexibility index (Phi) is 5.02. The van der Waals surface area contributed by atoms with Gasteiger partial charge < -0.3 is 10.1 Å². The Morgan fingerprint density at radius 2 is 2.00 bits per heavy atom. The van der Waals surface area contributed by atoms with Crippen LogP contribution in [0.5, 0.6) is 5.75 Å². The number of benzene rings is 1. The molecule has 0 aliphatic carbocycles. The van der Waals surface area contributed by atoms with Crippen LogP contribution in [-0.2, 0) is 6.61 Å². The molecule has 1 aromatic heterocycles. The lowest BCUT2D eigenvalue weighted by atomic mass is 10.1. The summed E-state index contributed by atoms with van der Waals surface area (Å²) in [4.78, 5) is 0. The highest BCUT2D eigenvalue weighted by Gasteiger charge is 2.07. The van der Waals surface area contributed by atoms with Crippen LogP contribution in [0.15, 0.2) is 30.5 Å². The number of nitrogens with zero attached hydrogens (tertiary/aromatic N) is 2. The topological polar surface area (TPSA) is 39.1 Å². The molecule has 21 heavy (non-hydrogen) atoms. The average molecular weight is 287 g/mol. The minimum Gasteiger partial charge on any atom is -0.487 e. The number of ether oxygens (including phenoxy) is 1. The highest BCUT2D eigenvalue weighted by molar-refractivity contribution is 5.37. The summed E-state index contributed by atoms with van der Waals surface area (Å²) in [5, 5.41) is 7.74. The molecule has 4 heteroatoms. The van der Waals surface area contributed by atoms with Gasteiger partial charge in [0.25, 0.3) is 0 Å². The van der Waals surface area contributed by atoms with Crippen LogP contribution in [0, 0.1) is 6.92 Å². The van der Waals surface area contributed by atoms with Crippen LogP contribution in [0.25, 0.3) is 0 Å². The fraction of sp³-hybridized carbons (Fsp3) is 0.471. The highest BCUT2D eigenvalue weighted by atomic mass is 16.5. The first-order valence-corrected chi connectivity index (χ1v) is 7.46. The molecule has 1 N–H and O–H groups in total. The maximum atomic E-state index is 5.89. The van der Waals surface area contributed by atoms with Gasteiger partial charge in [-0.25, -0.2) is 0 Å². The van der Waals surface area contributed by atoms with Crippen LogP contribution >= 0.6 is 0 Å². The Balaban J connectivity index is 2.02. The van der Waals surface area contributed by atoms with Gasteiger partial charge in [0.2, 0.25) is 0 Å². The van der Waals surface area contributed by atoms with Crippen LogP contribution in [0.4, 0.5) is 0 Å². The number of aryl methyl sites for hydroxylation is 1. The van der Waals surface area contributed by atoms with Crippen LogP contribution in [-0.4, -0.2) is 16.8 Å². The molecule has 0 saturated carbocycles. The number of hydrogen-bond donors (Lipinski definition) is 1. The number of hydrogen-bond acceptors (Lipinski definition) is 3. The standard InChI is InChI=1S/C17H25N3O/c1-12(2)20-9-8-16(19-20)11-21-17-7-6-15(10-13(17)3)14(4)18-5/h6-10,12,14,18H,11H2,1-5H3. The Morgan fingerprint density at radius 3 is 2.57 bits per heavy atom. The van der Waals surface area contributed by atoms with E-state index >= 15 is 0 Å². The molecule has 0 spiro atoms. The molecule has 0 amide bonds. The first-order chi connectivity index (χ1) is 10.0. The highest BCUT2D eigenvalue weighted by Crippen LogP contribution is 2.23. The van der Waals surface area contributed by atoms with Crippen LogP contribution in [0.1, 0.15) is 49.7 Å². The van der Waals surface area contributed by atoms with Crippen molar-refractivity contribution in [3.8, 4) is 5.75 Å². The number of aromatic nitrogens is 2. The molecule has 0 fully saturated rings. The summed E-state index contributed by atoms with van der Waals surface area (Å²) in [6.45, 7) is 8.95. The smallest absolute Gasteiger partial charge is 0.132 e. The molecule has 2 aromatic rings. The number of rotatable bonds is 6. The van der Waals surface area contributed by atoms with E-state index < -0.39 is 0 Å². The summed E-state index contributed by atoms with van der Waals surface area (Å²) in [6.07, 6.45) is 1.99. The van der Waals surface area contributed by atoms with Crippen LogP contribution < -0.4 is 10.1 Å². The minimum absolute atomic E-state index is 0.347. The summed E-state index contributed by atoms with van der Waals surface area (Å²) in [7, 11) is 1.97. The normalized spacial score (nSPS) is 12.7. The lowest BCUT2D eigenvalue weighted by Gasteiger charge is -2.14. The van der Waals surface area contributed by atoms with E-state index in [1.165, 1.54) is 5.56 Å². The molecule has 2 rings (SSSR count). The summed E-state index contributed by atoms with van der Waals surface area (Å²) in [5.74, 6) is 0.918. The Hall–Kier alpha value is -1.81. The second-order valence-electron chi connectivity index (χ2n) is 5.70.